The number of allylic oxidation sites excluding steroid dienone is 3. The van der Waals surface area contributed by atoms with Crippen LogP contribution in [0.5, 0.6) is 0 Å². The van der Waals surface area contributed by atoms with E-state index < -0.39 is 35.7 Å². The van der Waals surface area contributed by atoms with Crippen molar-refractivity contribution in [3.8, 4) is 0 Å². The maximum Gasteiger partial charge on any atom is 0.416 e. The van der Waals surface area contributed by atoms with Gasteiger partial charge in [0.05, 0.1) is 18.6 Å². The molecule has 10 heteroatoms. The maximum absolute atomic E-state index is 14.9. The van der Waals surface area contributed by atoms with E-state index in [0.717, 1.165) is 12.1 Å². The summed E-state index contributed by atoms with van der Waals surface area (Å²) in [6.07, 6.45) is -1.51. The van der Waals surface area contributed by atoms with Crippen molar-refractivity contribution in [3.05, 3.63) is 82.4 Å². The Bertz CT molecular complexity index is 1310. The monoisotopic (exact) mass is 546 g/mol. The number of ether oxygens (including phenoxy) is 1. The smallest absolute Gasteiger partial charge is 0.416 e. The highest BCUT2D eigenvalue weighted by Gasteiger charge is 2.32. The van der Waals surface area contributed by atoms with Gasteiger partial charge in [-0.1, -0.05) is 18.2 Å². The Labute approximate surface area is 224 Å². The number of nitrogens with one attached hydrogen (secondary N) is 1. The van der Waals surface area contributed by atoms with E-state index in [1.54, 1.807) is 19.1 Å². The van der Waals surface area contributed by atoms with Crippen molar-refractivity contribution >= 4 is 28.7 Å². The number of benzene rings is 2. The number of rotatable bonds is 11. The summed E-state index contributed by atoms with van der Waals surface area (Å²) in [5.41, 5.74) is -0.391. The standard InChI is InChI=1S/C29H30F4N2O4/c1-4-39-27-17-23(36)9-10-24(27)18-7-8-19(25(30)14-18)15-28(38)34-22-13-20(12-21(16-22)29(31,32)33)26(37)6-5-11-35(2)3/h7-8,10,12-14,16-17H,4-6,9,11,15H2,1-3H3,(H,34,38). The lowest BCUT2D eigenvalue weighted by molar-refractivity contribution is -0.137. The average molecular weight is 547 g/mol. The Kier molecular flexibility index (Phi) is 9.80. The van der Waals surface area contributed by atoms with Crippen molar-refractivity contribution < 1.29 is 36.7 Å². The van der Waals surface area contributed by atoms with Crippen molar-refractivity contribution in [2.24, 2.45) is 0 Å². The van der Waals surface area contributed by atoms with Gasteiger partial charge in [0.2, 0.25) is 5.91 Å². The molecular weight excluding hydrogens is 516 g/mol. The summed E-state index contributed by atoms with van der Waals surface area (Å²) in [6, 6.07) is 6.90. The highest BCUT2D eigenvalue weighted by Crippen LogP contribution is 2.33. The third-order valence-corrected chi connectivity index (χ3v) is 5.96. The Balaban J connectivity index is 1.76. The molecular formula is C29H30F4N2O4. The first kappa shape index (κ1) is 29.8. The third-order valence-electron chi connectivity index (χ3n) is 5.96. The van der Waals surface area contributed by atoms with Gasteiger partial charge in [-0.15, -0.1) is 0 Å². The van der Waals surface area contributed by atoms with Gasteiger partial charge in [-0.2, -0.15) is 13.2 Å². The number of ketones is 2. The van der Waals surface area contributed by atoms with Gasteiger partial charge in [0.1, 0.15) is 11.6 Å². The van der Waals surface area contributed by atoms with E-state index >= 15 is 0 Å². The molecule has 0 aliphatic heterocycles. The Morgan fingerprint density at radius 2 is 1.85 bits per heavy atom. The molecule has 1 aliphatic carbocycles. The normalized spacial score (nSPS) is 13.7. The van der Waals surface area contributed by atoms with Crippen molar-refractivity contribution in [1.29, 1.82) is 0 Å². The zero-order chi connectivity index (χ0) is 28.7. The van der Waals surface area contributed by atoms with E-state index in [-0.39, 0.29) is 35.4 Å². The summed E-state index contributed by atoms with van der Waals surface area (Å²) >= 11 is 0. The fourth-order valence-electron chi connectivity index (χ4n) is 4.08. The molecule has 1 amide bonds. The topological polar surface area (TPSA) is 75.7 Å². The van der Waals surface area contributed by atoms with Gasteiger partial charge >= 0.3 is 6.18 Å². The summed E-state index contributed by atoms with van der Waals surface area (Å²) in [7, 11) is 3.65. The minimum atomic E-state index is -4.73. The number of hydrogen-bond donors (Lipinski definition) is 1. The first-order chi connectivity index (χ1) is 18.4. The molecule has 0 bridgehead atoms. The van der Waals surface area contributed by atoms with E-state index in [4.69, 9.17) is 4.74 Å². The lowest BCUT2D eigenvalue weighted by Gasteiger charge is -2.17. The van der Waals surface area contributed by atoms with Crippen LogP contribution < -0.4 is 5.32 Å². The van der Waals surface area contributed by atoms with Crippen LogP contribution in [0.2, 0.25) is 0 Å². The second-order valence-electron chi connectivity index (χ2n) is 9.39. The second-order valence-corrected chi connectivity index (χ2v) is 9.39. The SMILES string of the molecule is CCOC1=CC(=O)CC=C1c1ccc(CC(=O)Nc2cc(C(=O)CCCN(C)C)cc(C(F)(F)F)c2)c(F)c1. The number of anilines is 1. The molecule has 0 aromatic heterocycles. The predicted molar refractivity (Wildman–Crippen MR) is 140 cm³/mol. The summed E-state index contributed by atoms with van der Waals surface area (Å²) < 4.78 is 60.9. The Morgan fingerprint density at radius 3 is 2.49 bits per heavy atom. The van der Waals surface area contributed by atoms with E-state index in [9.17, 15) is 31.9 Å². The molecule has 0 saturated heterocycles. The molecule has 2 aromatic rings. The van der Waals surface area contributed by atoms with Crippen LogP contribution in [-0.2, 0) is 26.9 Å². The highest BCUT2D eigenvalue weighted by atomic mass is 19.4. The molecule has 6 nitrogen and oxygen atoms in total. The number of carbonyl (C=O) groups is 3. The predicted octanol–water partition coefficient (Wildman–Crippen LogP) is 5.83. The number of halogens is 4. The summed E-state index contributed by atoms with van der Waals surface area (Å²) in [5.74, 6) is -1.72. The summed E-state index contributed by atoms with van der Waals surface area (Å²) in [4.78, 5) is 38.8. The van der Waals surface area contributed by atoms with Crippen molar-refractivity contribution in [2.45, 2.75) is 38.8 Å². The fraction of sp³-hybridized carbons (Fsp3) is 0.345. The minimum absolute atomic E-state index is 0.0256. The second kappa shape index (κ2) is 12.8. The number of alkyl halides is 3. The molecule has 39 heavy (non-hydrogen) atoms. The van der Waals surface area contributed by atoms with E-state index in [1.807, 2.05) is 19.0 Å². The largest absolute Gasteiger partial charge is 0.493 e. The molecule has 0 saturated carbocycles. The molecule has 0 spiro atoms. The third kappa shape index (κ3) is 8.35. The van der Waals surface area contributed by atoms with Crippen LogP contribution in [0.3, 0.4) is 0 Å². The number of Topliss-reactive ketones (excluding diaryl/α,β-unsaturated/α-hetero) is 1. The lowest BCUT2D eigenvalue weighted by Crippen LogP contribution is -2.17. The summed E-state index contributed by atoms with van der Waals surface area (Å²) in [6.45, 7) is 2.67. The van der Waals surface area contributed by atoms with Crippen LogP contribution in [0, 0.1) is 5.82 Å². The van der Waals surface area contributed by atoms with Crippen LogP contribution in [0.1, 0.15) is 53.2 Å². The molecule has 208 valence electrons. The lowest BCUT2D eigenvalue weighted by atomic mass is 9.95. The first-order valence-electron chi connectivity index (χ1n) is 12.4. The van der Waals surface area contributed by atoms with E-state index in [1.165, 1.54) is 24.3 Å². The number of nitrogens with zero attached hydrogens (tertiary/aromatic N) is 1. The molecule has 0 unspecified atom stereocenters. The molecule has 2 aromatic carbocycles. The van der Waals surface area contributed by atoms with Gasteiger partial charge < -0.3 is 15.0 Å². The number of amides is 1. The van der Waals surface area contributed by atoms with Gasteiger partial charge in [-0.25, -0.2) is 4.39 Å². The Morgan fingerprint density at radius 1 is 1.10 bits per heavy atom. The van der Waals surface area contributed by atoms with Crippen LogP contribution in [0.4, 0.5) is 23.2 Å². The van der Waals surface area contributed by atoms with Gasteiger partial charge in [-0.3, -0.25) is 14.4 Å². The number of hydrogen-bond acceptors (Lipinski definition) is 5. The van der Waals surface area contributed by atoms with Gasteiger partial charge in [-0.05, 0) is 69.4 Å². The van der Waals surface area contributed by atoms with Gasteiger partial charge in [0.25, 0.3) is 0 Å². The summed E-state index contributed by atoms with van der Waals surface area (Å²) in [5, 5.41) is 2.36. The van der Waals surface area contributed by atoms with E-state index in [2.05, 4.69) is 5.32 Å². The zero-order valence-electron chi connectivity index (χ0n) is 22.0. The zero-order valence-corrected chi connectivity index (χ0v) is 22.0. The van der Waals surface area contributed by atoms with Crippen LogP contribution >= 0.6 is 0 Å². The van der Waals surface area contributed by atoms with Crippen LogP contribution in [-0.4, -0.2) is 49.6 Å². The molecule has 0 fully saturated rings. The van der Waals surface area contributed by atoms with Crippen molar-refractivity contribution in [1.82, 2.24) is 4.90 Å². The van der Waals surface area contributed by atoms with Crippen LogP contribution in [0.25, 0.3) is 5.57 Å². The van der Waals surface area contributed by atoms with Crippen molar-refractivity contribution in [3.63, 3.8) is 0 Å². The van der Waals surface area contributed by atoms with Gasteiger partial charge in [0.15, 0.2) is 11.6 Å². The molecule has 1 N–H and O–H groups in total. The van der Waals surface area contributed by atoms with Crippen LogP contribution in [0.15, 0.2) is 54.3 Å². The van der Waals surface area contributed by atoms with Crippen molar-refractivity contribution in [2.75, 3.05) is 32.6 Å². The first-order valence-corrected chi connectivity index (χ1v) is 12.4. The molecule has 1 aliphatic rings. The quantitative estimate of drug-likeness (QED) is 0.284. The average Bonchev–Trinajstić information content (AvgIpc) is 2.84. The highest BCUT2D eigenvalue weighted by molar-refractivity contribution is 6.00. The number of carbonyl (C=O) groups excluding carboxylic acids is 3. The van der Waals surface area contributed by atoms with Gasteiger partial charge in [0, 0.05) is 35.7 Å². The molecule has 0 heterocycles. The fourth-order valence-corrected chi connectivity index (χ4v) is 4.08. The molecule has 3 rings (SSSR count). The minimum Gasteiger partial charge on any atom is -0.493 e. The maximum atomic E-state index is 14.9. The molecule has 0 atom stereocenters. The molecule has 0 radical (unpaired) electrons. The Hall–Kier alpha value is -3.79. The van der Waals surface area contributed by atoms with E-state index in [0.29, 0.717) is 36.5 Å².